The molecule has 1 aromatic carbocycles. The van der Waals surface area contributed by atoms with E-state index in [9.17, 15) is 18.4 Å². The zero-order valence-corrected chi connectivity index (χ0v) is 10.4. The smallest absolute Gasteiger partial charge is 0.285 e. The Morgan fingerprint density at radius 3 is 2.35 bits per heavy atom. The Morgan fingerprint density at radius 2 is 1.85 bits per heavy atom. The Kier molecular flexibility index (Phi) is 3.02. The molecule has 2 heterocycles. The lowest BCUT2D eigenvalue weighted by atomic mass is 10.1. The van der Waals surface area contributed by atoms with E-state index in [2.05, 4.69) is 5.32 Å². The van der Waals surface area contributed by atoms with Crippen molar-refractivity contribution in [3.63, 3.8) is 0 Å². The summed E-state index contributed by atoms with van der Waals surface area (Å²) in [5, 5.41) is 3.24. The first-order valence-corrected chi connectivity index (χ1v) is 6.20. The summed E-state index contributed by atoms with van der Waals surface area (Å²) in [7, 11) is 0. The molecular formula is C13H12F2N2O3. The van der Waals surface area contributed by atoms with Crippen LogP contribution >= 0.6 is 0 Å². The maximum atomic E-state index is 13.0. The summed E-state index contributed by atoms with van der Waals surface area (Å²) >= 11 is 0. The maximum absolute atomic E-state index is 13.0. The van der Waals surface area contributed by atoms with Crippen LogP contribution in [0, 0.1) is 0 Å². The van der Waals surface area contributed by atoms with E-state index in [1.165, 1.54) is 12.1 Å². The molecule has 0 radical (unpaired) electrons. The molecule has 0 aliphatic carbocycles. The highest BCUT2D eigenvalue weighted by atomic mass is 19.3. The summed E-state index contributed by atoms with van der Waals surface area (Å²) in [5.74, 6) is -3.89. The molecule has 0 unspecified atom stereocenters. The average molecular weight is 282 g/mol. The van der Waals surface area contributed by atoms with Gasteiger partial charge in [0.1, 0.15) is 0 Å². The van der Waals surface area contributed by atoms with E-state index in [0.717, 1.165) is 0 Å². The number of imide groups is 1. The van der Waals surface area contributed by atoms with Crippen LogP contribution in [0.3, 0.4) is 0 Å². The molecule has 2 aliphatic heterocycles. The highest BCUT2D eigenvalue weighted by Crippen LogP contribution is 2.27. The SMILES string of the molecule is O=C1c2ccccc2C(=O)N1OC[C@@H]1CC(F)(F)CN1. The van der Waals surface area contributed by atoms with E-state index in [-0.39, 0.29) is 24.2 Å². The molecule has 2 amide bonds. The molecule has 5 nitrogen and oxygen atoms in total. The molecule has 20 heavy (non-hydrogen) atoms. The number of nitrogens with one attached hydrogen (secondary N) is 1. The van der Waals surface area contributed by atoms with E-state index in [4.69, 9.17) is 4.84 Å². The highest BCUT2D eigenvalue weighted by Gasteiger charge is 2.41. The number of benzene rings is 1. The first-order valence-electron chi connectivity index (χ1n) is 6.20. The van der Waals surface area contributed by atoms with Gasteiger partial charge in [0.15, 0.2) is 0 Å². The Labute approximate surface area is 113 Å². The van der Waals surface area contributed by atoms with Gasteiger partial charge in [0.05, 0.1) is 24.3 Å². The lowest BCUT2D eigenvalue weighted by Gasteiger charge is -2.16. The Balaban J connectivity index is 1.66. The number of amides is 2. The molecule has 1 saturated heterocycles. The third kappa shape index (κ3) is 2.19. The maximum Gasteiger partial charge on any atom is 0.285 e. The molecule has 1 aromatic rings. The molecule has 2 aliphatic rings. The van der Waals surface area contributed by atoms with Gasteiger partial charge in [0, 0.05) is 12.5 Å². The highest BCUT2D eigenvalue weighted by molar-refractivity contribution is 6.20. The first-order chi connectivity index (χ1) is 9.48. The standard InChI is InChI=1S/C13H12F2N2O3/c14-13(15)5-8(16-7-13)6-20-17-11(18)9-3-1-2-4-10(9)12(17)19/h1-4,8,16H,5-7H2/t8-/m0/s1. The Bertz CT molecular complexity index is 541. The second kappa shape index (κ2) is 4.60. The molecule has 1 N–H and O–H groups in total. The third-order valence-electron chi connectivity index (χ3n) is 3.36. The number of nitrogens with zero attached hydrogens (tertiary/aromatic N) is 1. The molecule has 106 valence electrons. The van der Waals surface area contributed by atoms with E-state index >= 15 is 0 Å². The number of halogens is 2. The predicted molar refractivity (Wildman–Crippen MR) is 64.2 cm³/mol. The monoisotopic (exact) mass is 282 g/mol. The molecular weight excluding hydrogens is 270 g/mol. The molecule has 0 spiro atoms. The van der Waals surface area contributed by atoms with Gasteiger partial charge in [-0.1, -0.05) is 12.1 Å². The number of hydrogen-bond donors (Lipinski definition) is 1. The number of carbonyl (C=O) groups excluding carboxylic acids is 2. The zero-order chi connectivity index (χ0) is 14.3. The number of rotatable bonds is 3. The quantitative estimate of drug-likeness (QED) is 0.847. The summed E-state index contributed by atoms with van der Waals surface area (Å²) in [6.07, 6.45) is -0.365. The average Bonchev–Trinajstić information content (AvgIpc) is 2.88. The van der Waals surface area contributed by atoms with E-state index in [1.807, 2.05) is 0 Å². The number of hydrogen-bond acceptors (Lipinski definition) is 4. The van der Waals surface area contributed by atoms with Gasteiger partial charge in [-0.25, -0.2) is 8.78 Å². The van der Waals surface area contributed by atoms with Crippen LogP contribution in [0.4, 0.5) is 8.78 Å². The topological polar surface area (TPSA) is 58.6 Å². The third-order valence-corrected chi connectivity index (χ3v) is 3.36. The van der Waals surface area contributed by atoms with Gasteiger partial charge in [0.25, 0.3) is 17.7 Å². The number of carbonyl (C=O) groups is 2. The van der Waals surface area contributed by atoms with Crippen molar-refractivity contribution in [2.45, 2.75) is 18.4 Å². The lowest BCUT2D eigenvalue weighted by molar-refractivity contribution is -0.0982. The summed E-state index contributed by atoms with van der Waals surface area (Å²) in [6.45, 7) is -0.565. The largest absolute Gasteiger partial charge is 0.306 e. The van der Waals surface area contributed by atoms with Gasteiger partial charge in [-0.15, -0.1) is 5.06 Å². The van der Waals surface area contributed by atoms with E-state index in [0.29, 0.717) is 5.06 Å². The Morgan fingerprint density at radius 1 is 1.25 bits per heavy atom. The summed E-state index contributed by atoms with van der Waals surface area (Å²) < 4.78 is 26.0. The van der Waals surface area contributed by atoms with Gasteiger partial charge in [-0.3, -0.25) is 14.4 Å². The fourth-order valence-electron chi connectivity index (χ4n) is 2.37. The lowest BCUT2D eigenvalue weighted by Crippen LogP contribution is -2.36. The van der Waals surface area contributed by atoms with Crippen LogP contribution in [0.5, 0.6) is 0 Å². The van der Waals surface area contributed by atoms with Gasteiger partial charge < -0.3 is 5.32 Å². The van der Waals surface area contributed by atoms with Gasteiger partial charge >= 0.3 is 0 Å². The van der Waals surface area contributed by atoms with Crippen LogP contribution in [0.2, 0.25) is 0 Å². The van der Waals surface area contributed by atoms with Crippen LogP contribution in [0.25, 0.3) is 0 Å². The van der Waals surface area contributed by atoms with Gasteiger partial charge in [-0.05, 0) is 12.1 Å². The van der Waals surface area contributed by atoms with Crippen molar-refractivity contribution in [2.75, 3.05) is 13.2 Å². The summed E-state index contributed by atoms with van der Waals surface area (Å²) in [4.78, 5) is 29.0. The zero-order valence-electron chi connectivity index (χ0n) is 10.4. The number of hydroxylamine groups is 2. The van der Waals surface area contributed by atoms with Crippen molar-refractivity contribution in [1.82, 2.24) is 10.4 Å². The van der Waals surface area contributed by atoms with Crippen LogP contribution in [0.15, 0.2) is 24.3 Å². The van der Waals surface area contributed by atoms with Crippen molar-refractivity contribution >= 4 is 11.8 Å². The fraction of sp³-hybridized carbons (Fsp3) is 0.385. The predicted octanol–water partition coefficient (Wildman–Crippen LogP) is 1.21. The summed E-state index contributed by atoms with van der Waals surface area (Å²) in [6, 6.07) is 5.77. The van der Waals surface area contributed by atoms with Crippen LogP contribution < -0.4 is 5.32 Å². The second-order valence-electron chi connectivity index (χ2n) is 4.88. The van der Waals surface area contributed by atoms with Crippen molar-refractivity contribution in [3.05, 3.63) is 35.4 Å². The normalized spacial score (nSPS) is 24.3. The van der Waals surface area contributed by atoms with E-state index in [1.54, 1.807) is 12.1 Å². The van der Waals surface area contributed by atoms with Gasteiger partial charge in [-0.2, -0.15) is 0 Å². The van der Waals surface area contributed by atoms with Gasteiger partial charge in [0.2, 0.25) is 0 Å². The second-order valence-corrected chi connectivity index (χ2v) is 4.88. The minimum Gasteiger partial charge on any atom is -0.306 e. The van der Waals surface area contributed by atoms with Crippen molar-refractivity contribution < 1.29 is 23.2 Å². The molecule has 7 heteroatoms. The minimum atomic E-state index is -2.77. The number of alkyl halides is 2. The molecule has 0 aromatic heterocycles. The van der Waals surface area contributed by atoms with Crippen LogP contribution in [0.1, 0.15) is 27.1 Å². The first kappa shape index (κ1) is 13.1. The molecule has 3 rings (SSSR count). The Hall–Kier alpha value is -1.86. The molecule has 1 atom stereocenters. The van der Waals surface area contributed by atoms with E-state index < -0.39 is 30.3 Å². The fourth-order valence-corrected chi connectivity index (χ4v) is 2.37. The van der Waals surface area contributed by atoms with Crippen LogP contribution in [-0.2, 0) is 4.84 Å². The number of fused-ring (bicyclic) bond motifs is 1. The minimum absolute atomic E-state index is 0.152. The van der Waals surface area contributed by atoms with Crippen molar-refractivity contribution in [1.29, 1.82) is 0 Å². The molecule has 1 fully saturated rings. The van der Waals surface area contributed by atoms with Crippen LogP contribution in [-0.4, -0.2) is 42.0 Å². The summed E-state index contributed by atoms with van der Waals surface area (Å²) in [5.41, 5.74) is 0.532. The van der Waals surface area contributed by atoms with Crippen molar-refractivity contribution in [2.24, 2.45) is 0 Å². The molecule has 0 saturated carbocycles. The van der Waals surface area contributed by atoms with Crippen molar-refractivity contribution in [3.8, 4) is 0 Å². The molecule has 0 bridgehead atoms.